The minimum absolute atomic E-state index is 0.142. The smallest absolute Gasteiger partial charge is 0.0707 e. The van der Waals surface area contributed by atoms with Crippen LogP contribution in [0.5, 0.6) is 0 Å². The normalized spacial score (nSPS) is 12.9. The van der Waals surface area contributed by atoms with E-state index in [1.165, 1.54) is 0 Å². The van der Waals surface area contributed by atoms with Gasteiger partial charge in [0.2, 0.25) is 0 Å². The summed E-state index contributed by atoms with van der Waals surface area (Å²) in [6.07, 6.45) is 0. The molecule has 0 radical (unpaired) electrons. The molecule has 1 rings (SSSR count). The van der Waals surface area contributed by atoms with Crippen molar-refractivity contribution in [2.45, 2.75) is 13.0 Å². The first-order chi connectivity index (χ1) is 6.15. The molecular weight excluding hydrogens is 232 g/mol. The van der Waals surface area contributed by atoms with Crippen LogP contribution in [0.25, 0.3) is 0 Å². The van der Waals surface area contributed by atoms with Crippen LogP contribution in [0.3, 0.4) is 0 Å². The average molecular weight is 245 g/mol. The quantitative estimate of drug-likeness (QED) is 0.883. The van der Waals surface area contributed by atoms with Crippen molar-refractivity contribution in [2.24, 2.45) is 5.73 Å². The third-order valence-corrected chi connectivity index (χ3v) is 2.61. The summed E-state index contributed by atoms with van der Waals surface area (Å²) < 4.78 is 5.95. The van der Waals surface area contributed by atoms with E-state index >= 15 is 0 Å². The Bertz CT molecular complexity index is 291. The molecular formula is C9H13BrN2O. The first kappa shape index (κ1) is 10.6. The molecule has 1 atom stereocenters. The van der Waals surface area contributed by atoms with Crippen LogP contribution < -0.4 is 5.73 Å². The lowest BCUT2D eigenvalue weighted by molar-refractivity contribution is 0.179. The maximum atomic E-state index is 5.82. The van der Waals surface area contributed by atoms with Crippen LogP contribution in [0.1, 0.15) is 17.4 Å². The molecule has 0 unspecified atom stereocenters. The third-order valence-electron chi connectivity index (χ3n) is 1.77. The number of aromatic nitrogens is 1. The summed E-state index contributed by atoms with van der Waals surface area (Å²) in [7, 11) is 1.63. The van der Waals surface area contributed by atoms with Crippen molar-refractivity contribution in [3.63, 3.8) is 0 Å². The van der Waals surface area contributed by atoms with Crippen LogP contribution in [0.15, 0.2) is 16.6 Å². The van der Waals surface area contributed by atoms with Gasteiger partial charge in [0.1, 0.15) is 0 Å². The van der Waals surface area contributed by atoms with Gasteiger partial charge in [-0.1, -0.05) is 0 Å². The highest BCUT2D eigenvalue weighted by atomic mass is 79.9. The molecule has 0 aliphatic rings. The van der Waals surface area contributed by atoms with Gasteiger partial charge in [-0.2, -0.15) is 0 Å². The molecule has 0 amide bonds. The predicted octanol–water partition coefficient (Wildman–Crippen LogP) is 1.80. The van der Waals surface area contributed by atoms with Gasteiger partial charge in [-0.05, 0) is 35.0 Å². The van der Waals surface area contributed by atoms with E-state index in [4.69, 9.17) is 10.5 Å². The Hall–Kier alpha value is -0.450. The van der Waals surface area contributed by atoms with Gasteiger partial charge in [-0.3, -0.25) is 4.98 Å². The third kappa shape index (κ3) is 2.76. The highest BCUT2D eigenvalue weighted by Crippen LogP contribution is 2.16. The summed E-state index contributed by atoms with van der Waals surface area (Å²) in [6, 6.07) is 3.71. The molecule has 0 spiro atoms. The second kappa shape index (κ2) is 4.69. The van der Waals surface area contributed by atoms with E-state index in [2.05, 4.69) is 20.9 Å². The summed E-state index contributed by atoms with van der Waals surface area (Å²) >= 11 is 3.38. The van der Waals surface area contributed by atoms with E-state index in [1.807, 2.05) is 19.1 Å². The number of nitrogens with zero attached hydrogens (tertiary/aromatic N) is 1. The van der Waals surface area contributed by atoms with Gasteiger partial charge in [-0.15, -0.1) is 0 Å². The molecule has 0 aromatic carbocycles. The fourth-order valence-corrected chi connectivity index (χ4v) is 1.26. The van der Waals surface area contributed by atoms with Crippen molar-refractivity contribution in [1.29, 1.82) is 0 Å². The van der Waals surface area contributed by atoms with Gasteiger partial charge < -0.3 is 10.5 Å². The summed E-state index contributed by atoms with van der Waals surface area (Å²) in [4.78, 5) is 4.34. The monoisotopic (exact) mass is 244 g/mol. The molecule has 13 heavy (non-hydrogen) atoms. The Labute approximate surface area is 86.4 Å². The standard InChI is InChI=1S/C9H13BrN2O/c1-6-7(10)3-4-9(12-6)8(11)5-13-2/h3-4,8H,5,11H2,1-2H3/t8-/m1/s1. The van der Waals surface area contributed by atoms with Crippen molar-refractivity contribution < 1.29 is 4.74 Å². The molecule has 0 fully saturated rings. The van der Waals surface area contributed by atoms with E-state index in [9.17, 15) is 0 Å². The molecule has 1 aromatic heterocycles. The number of aryl methyl sites for hydroxylation is 1. The van der Waals surface area contributed by atoms with Gasteiger partial charge >= 0.3 is 0 Å². The zero-order chi connectivity index (χ0) is 9.84. The van der Waals surface area contributed by atoms with E-state index in [0.29, 0.717) is 6.61 Å². The van der Waals surface area contributed by atoms with Crippen molar-refractivity contribution in [2.75, 3.05) is 13.7 Å². The number of hydrogen-bond acceptors (Lipinski definition) is 3. The maximum absolute atomic E-state index is 5.82. The fourth-order valence-electron chi connectivity index (χ4n) is 1.03. The Morgan fingerprint density at radius 1 is 1.62 bits per heavy atom. The average Bonchev–Trinajstić information content (AvgIpc) is 2.10. The molecule has 0 aliphatic heterocycles. The van der Waals surface area contributed by atoms with Crippen LogP contribution in [-0.2, 0) is 4.74 Å². The minimum atomic E-state index is -0.142. The number of nitrogens with two attached hydrogens (primary N) is 1. The molecule has 3 nitrogen and oxygen atoms in total. The largest absolute Gasteiger partial charge is 0.383 e. The number of hydrogen-bond donors (Lipinski definition) is 1. The SMILES string of the molecule is COC[C@@H](N)c1ccc(Br)c(C)n1. The molecule has 4 heteroatoms. The van der Waals surface area contributed by atoms with Crippen molar-refractivity contribution in [1.82, 2.24) is 4.98 Å². The lowest BCUT2D eigenvalue weighted by atomic mass is 10.2. The Morgan fingerprint density at radius 2 is 2.31 bits per heavy atom. The van der Waals surface area contributed by atoms with Crippen molar-refractivity contribution in [3.8, 4) is 0 Å². The van der Waals surface area contributed by atoms with Crippen LogP contribution in [0.2, 0.25) is 0 Å². The van der Waals surface area contributed by atoms with E-state index in [1.54, 1.807) is 7.11 Å². The molecule has 1 aromatic rings. The Balaban J connectivity index is 2.84. The van der Waals surface area contributed by atoms with Gasteiger partial charge in [0, 0.05) is 11.6 Å². The van der Waals surface area contributed by atoms with Crippen LogP contribution in [0.4, 0.5) is 0 Å². The van der Waals surface area contributed by atoms with Crippen molar-refractivity contribution in [3.05, 3.63) is 28.0 Å². The highest BCUT2D eigenvalue weighted by molar-refractivity contribution is 9.10. The summed E-state index contributed by atoms with van der Waals surface area (Å²) in [6.45, 7) is 2.43. The van der Waals surface area contributed by atoms with Crippen LogP contribution in [-0.4, -0.2) is 18.7 Å². The second-order valence-corrected chi connectivity index (χ2v) is 3.72. The Kier molecular flexibility index (Phi) is 3.84. The molecule has 0 saturated heterocycles. The molecule has 0 aliphatic carbocycles. The zero-order valence-corrected chi connectivity index (χ0v) is 9.34. The predicted molar refractivity (Wildman–Crippen MR) is 55.5 cm³/mol. The fraction of sp³-hybridized carbons (Fsp3) is 0.444. The molecule has 1 heterocycles. The van der Waals surface area contributed by atoms with Crippen LogP contribution in [0, 0.1) is 6.92 Å². The van der Waals surface area contributed by atoms with E-state index in [0.717, 1.165) is 15.9 Å². The van der Waals surface area contributed by atoms with Gasteiger partial charge in [0.05, 0.1) is 24.0 Å². The summed E-state index contributed by atoms with van der Waals surface area (Å²) in [5.41, 5.74) is 7.63. The minimum Gasteiger partial charge on any atom is -0.383 e. The lowest BCUT2D eigenvalue weighted by Gasteiger charge is -2.10. The molecule has 0 bridgehead atoms. The van der Waals surface area contributed by atoms with E-state index < -0.39 is 0 Å². The van der Waals surface area contributed by atoms with Gasteiger partial charge in [-0.25, -0.2) is 0 Å². The van der Waals surface area contributed by atoms with Crippen molar-refractivity contribution >= 4 is 15.9 Å². The molecule has 2 N–H and O–H groups in total. The number of halogens is 1. The second-order valence-electron chi connectivity index (χ2n) is 2.87. The van der Waals surface area contributed by atoms with Gasteiger partial charge in [0.25, 0.3) is 0 Å². The first-order valence-electron chi connectivity index (χ1n) is 4.02. The first-order valence-corrected chi connectivity index (χ1v) is 4.82. The highest BCUT2D eigenvalue weighted by Gasteiger charge is 2.07. The Morgan fingerprint density at radius 3 is 2.85 bits per heavy atom. The van der Waals surface area contributed by atoms with E-state index in [-0.39, 0.29) is 6.04 Å². The number of rotatable bonds is 3. The van der Waals surface area contributed by atoms with Gasteiger partial charge in [0.15, 0.2) is 0 Å². The van der Waals surface area contributed by atoms with Crippen LogP contribution >= 0.6 is 15.9 Å². The maximum Gasteiger partial charge on any atom is 0.0707 e. The number of methoxy groups -OCH3 is 1. The molecule has 0 saturated carbocycles. The zero-order valence-electron chi connectivity index (χ0n) is 7.75. The number of ether oxygens (including phenoxy) is 1. The summed E-state index contributed by atoms with van der Waals surface area (Å²) in [5, 5.41) is 0. The topological polar surface area (TPSA) is 48.1 Å². The lowest BCUT2D eigenvalue weighted by Crippen LogP contribution is -2.17. The molecule has 72 valence electrons. The number of pyridine rings is 1. The summed E-state index contributed by atoms with van der Waals surface area (Å²) in [5.74, 6) is 0.